The summed E-state index contributed by atoms with van der Waals surface area (Å²) in [7, 11) is 0. The Morgan fingerprint density at radius 2 is 1.96 bits per heavy atom. The Morgan fingerprint density at radius 1 is 1.26 bits per heavy atom. The lowest BCUT2D eigenvalue weighted by atomic mass is 10.1. The number of alkyl halides is 3. The molecule has 2 aromatic heterocycles. The van der Waals surface area contributed by atoms with Gasteiger partial charge in [-0.05, 0) is 24.5 Å². The first-order valence-electron chi connectivity index (χ1n) is 8.22. The number of pyridine rings is 1. The lowest BCUT2D eigenvalue weighted by Gasteiger charge is -2.13. The average Bonchev–Trinajstić information content (AvgIpc) is 3.03. The number of hydrogen-bond acceptors (Lipinski definition) is 4. The van der Waals surface area contributed by atoms with Gasteiger partial charge in [0.2, 0.25) is 0 Å². The minimum atomic E-state index is -4.49. The number of nitrogens with zero attached hydrogens (tertiary/aromatic N) is 3. The van der Waals surface area contributed by atoms with Crippen molar-refractivity contribution in [3.05, 3.63) is 41.3 Å². The third-order valence-corrected chi connectivity index (χ3v) is 3.74. The van der Waals surface area contributed by atoms with Crippen LogP contribution in [0.25, 0.3) is 5.82 Å². The Morgan fingerprint density at radius 3 is 2.48 bits per heavy atom. The highest BCUT2D eigenvalue weighted by atomic mass is 19.4. The third-order valence-electron chi connectivity index (χ3n) is 3.74. The van der Waals surface area contributed by atoms with Gasteiger partial charge in [-0.25, -0.2) is 9.67 Å². The summed E-state index contributed by atoms with van der Waals surface area (Å²) in [6.45, 7) is 3.82. The number of carbonyl (C=O) groups is 2. The van der Waals surface area contributed by atoms with Crippen LogP contribution in [0.15, 0.2) is 24.5 Å². The molecule has 0 aliphatic rings. The fourth-order valence-corrected chi connectivity index (χ4v) is 2.49. The van der Waals surface area contributed by atoms with Crippen molar-refractivity contribution in [2.24, 2.45) is 0 Å². The maximum absolute atomic E-state index is 12.7. The zero-order valence-corrected chi connectivity index (χ0v) is 14.7. The predicted octanol–water partition coefficient (Wildman–Crippen LogP) is 3.00. The van der Waals surface area contributed by atoms with E-state index in [1.165, 1.54) is 16.9 Å². The maximum atomic E-state index is 12.7. The second-order valence-electron chi connectivity index (χ2n) is 6.17. The molecule has 0 aromatic carbocycles. The number of carboxylic acids is 1. The molecule has 1 amide bonds. The summed E-state index contributed by atoms with van der Waals surface area (Å²) in [4.78, 5) is 26.7. The van der Waals surface area contributed by atoms with Crippen LogP contribution in [0.1, 0.15) is 54.2 Å². The molecule has 0 aliphatic carbocycles. The molecule has 27 heavy (non-hydrogen) atoms. The number of carboxylic acid groups (broad SMARTS) is 1. The van der Waals surface area contributed by atoms with Crippen LogP contribution in [0.3, 0.4) is 0 Å². The Balaban J connectivity index is 2.24. The van der Waals surface area contributed by atoms with Gasteiger partial charge in [0, 0.05) is 19.2 Å². The zero-order valence-electron chi connectivity index (χ0n) is 14.7. The molecule has 7 nitrogen and oxygen atoms in total. The van der Waals surface area contributed by atoms with Gasteiger partial charge in [-0.3, -0.25) is 9.59 Å². The molecule has 0 aliphatic heterocycles. The highest BCUT2D eigenvalue weighted by molar-refractivity contribution is 5.95. The molecule has 10 heteroatoms. The van der Waals surface area contributed by atoms with Crippen molar-refractivity contribution in [2.75, 3.05) is 6.54 Å². The minimum absolute atomic E-state index is 0.0634. The molecule has 0 radical (unpaired) electrons. The molecule has 0 saturated carbocycles. The van der Waals surface area contributed by atoms with Crippen LogP contribution < -0.4 is 5.32 Å². The molecular formula is C17H19F3N4O3. The van der Waals surface area contributed by atoms with Crippen LogP contribution in [0.4, 0.5) is 13.2 Å². The highest BCUT2D eigenvalue weighted by Crippen LogP contribution is 2.29. The third kappa shape index (κ3) is 5.05. The fraction of sp³-hybridized carbons (Fsp3) is 0.412. The summed E-state index contributed by atoms with van der Waals surface area (Å²) in [6.07, 6.45) is -2.23. The Kier molecular flexibility index (Phi) is 6.19. The summed E-state index contributed by atoms with van der Waals surface area (Å²) in [6, 6.07) is 2.09. The highest BCUT2D eigenvalue weighted by Gasteiger charge is 2.31. The van der Waals surface area contributed by atoms with Crippen molar-refractivity contribution in [2.45, 2.75) is 38.8 Å². The van der Waals surface area contributed by atoms with E-state index >= 15 is 0 Å². The summed E-state index contributed by atoms with van der Waals surface area (Å²) in [5.74, 6) is -1.37. The summed E-state index contributed by atoms with van der Waals surface area (Å²) < 4.78 is 39.4. The van der Waals surface area contributed by atoms with Crippen LogP contribution in [0.2, 0.25) is 0 Å². The second kappa shape index (κ2) is 8.19. The summed E-state index contributed by atoms with van der Waals surface area (Å²) >= 11 is 0. The van der Waals surface area contributed by atoms with E-state index in [1.807, 2.05) is 13.8 Å². The van der Waals surface area contributed by atoms with E-state index < -0.39 is 23.6 Å². The summed E-state index contributed by atoms with van der Waals surface area (Å²) in [5, 5.41) is 15.3. The molecule has 2 rings (SSSR count). The van der Waals surface area contributed by atoms with Gasteiger partial charge in [-0.2, -0.15) is 18.3 Å². The largest absolute Gasteiger partial charge is 0.481 e. The quantitative estimate of drug-likeness (QED) is 0.716. The molecule has 0 spiro atoms. The van der Waals surface area contributed by atoms with Gasteiger partial charge < -0.3 is 10.4 Å². The zero-order chi connectivity index (χ0) is 20.2. The number of halogens is 3. The molecule has 0 bridgehead atoms. The summed E-state index contributed by atoms with van der Waals surface area (Å²) in [5.41, 5.74) is -0.110. The van der Waals surface area contributed by atoms with E-state index in [2.05, 4.69) is 15.4 Å². The van der Waals surface area contributed by atoms with Gasteiger partial charge in [-0.1, -0.05) is 13.8 Å². The van der Waals surface area contributed by atoms with Crippen molar-refractivity contribution in [3.63, 3.8) is 0 Å². The Bertz CT molecular complexity index is 814. The van der Waals surface area contributed by atoms with Crippen LogP contribution in [0, 0.1) is 0 Å². The topological polar surface area (TPSA) is 97.1 Å². The molecule has 2 heterocycles. The maximum Gasteiger partial charge on any atom is 0.417 e. The number of carbonyl (C=O) groups excluding carboxylic acids is 1. The molecule has 2 aromatic rings. The minimum Gasteiger partial charge on any atom is -0.481 e. The van der Waals surface area contributed by atoms with Gasteiger partial charge in [0.1, 0.15) is 0 Å². The number of nitrogens with one attached hydrogen (secondary N) is 1. The van der Waals surface area contributed by atoms with E-state index in [1.54, 1.807) is 0 Å². The number of amides is 1. The number of rotatable bonds is 7. The van der Waals surface area contributed by atoms with E-state index in [4.69, 9.17) is 5.11 Å². The first-order chi connectivity index (χ1) is 12.6. The average molecular weight is 384 g/mol. The molecule has 0 saturated heterocycles. The van der Waals surface area contributed by atoms with Crippen LogP contribution in [0.5, 0.6) is 0 Å². The lowest BCUT2D eigenvalue weighted by molar-refractivity contribution is -0.138. The Labute approximate surface area is 153 Å². The molecule has 0 fully saturated rings. The number of aromatic nitrogens is 3. The number of aliphatic carboxylic acids is 1. The van der Waals surface area contributed by atoms with Crippen molar-refractivity contribution in [1.82, 2.24) is 20.1 Å². The van der Waals surface area contributed by atoms with Crippen molar-refractivity contribution < 1.29 is 27.9 Å². The van der Waals surface area contributed by atoms with Gasteiger partial charge in [0.15, 0.2) is 5.82 Å². The van der Waals surface area contributed by atoms with Gasteiger partial charge >= 0.3 is 12.1 Å². The van der Waals surface area contributed by atoms with Crippen molar-refractivity contribution in [1.29, 1.82) is 0 Å². The first kappa shape index (κ1) is 20.4. The second-order valence-corrected chi connectivity index (χ2v) is 6.17. The Hall–Kier alpha value is -2.91. The smallest absolute Gasteiger partial charge is 0.417 e. The van der Waals surface area contributed by atoms with E-state index in [-0.39, 0.29) is 36.7 Å². The van der Waals surface area contributed by atoms with Crippen molar-refractivity contribution >= 4 is 11.9 Å². The van der Waals surface area contributed by atoms with E-state index in [9.17, 15) is 22.8 Å². The molecule has 0 atom stereocenters. The first-order valence-corrected chi connectivity index (χ1v) is 8.22. The lowest BCUT2D eigenvalue weighted by Crippen LogP contribution is -2.26. The van der Waals surface area contributed by atoms with Crippen LogP contribution >= 0.6 is 0 Å². The van der Waals surface area contributed by atoms with E-state index in [0.717, 1.165) is 6.07 Å². The number of hydrogen-bond donors (Lipinski definition) is 2. The molecule has 146 valence electrons. The van der Waals surface area contributed by atoms with Gasteiger partial charge in [0.25, 0.3) is 5.91 Å². The monoisotopic (exact) mass is 384 g/mol. The van der Waals surface area contributed by atoms with Crippen molar-refractivity contribution in [3.8, 4) is 5.82 Å². The standard InChI is InChI=1S/C17H19F3N4O3/c1-10(2)15-12(16(27)21-7-3-4-14(25)26)9-23-24(15)13-6-5-11(8-22-13)17(18,19)20/h5-6,8-10H,3-4,7H2,1-2H3,(H,21,27)(H,25,26). The van der Waals surface area contributed by atoms with Crippen LogP contribution in [-0.2, 0) is 11.0 Å². The fourth-order valence-electron chi connectivity index (χ4n) is 2.49. The predicted molar refractivity (Wildman–Crippen MR) is 89.7 cm³/mol. The SMILES string of the molecule is CC(C)c1c(C(=O)NCCCC(=O)O)cnn1-c1ccc(C(F)(F)F)cn1. The van der Waals surface area contributed by atoms with Gasteiger partial charge in [-0.15, -0.1) is 0 Å². The molecule has 2 N–H and O–H groups in total. The van der Waals surface area contributed by atoms with E-state index in [0.29, 0.717) is 11.9 Å². The molecular weight excluding hydrogens is 365 g/mol. The van der Waals surface area contributed by atoms with Crippen LogP contribution in [-0.4, -0.2) is 38.3 Å². The normalized spacial score (nSPS) is 11.6. The molecule has 0 unspecified atom stereocenters. The van der Waals surface area contributed by atoms with Gasteiger partial charge in [0.05, 0.1) is 23.0 Å².